The summed E-state index contributed by atoms with van der Waals surface area (Å²) in [5.74, 6) is -0.240. The average molecular weight is 403 g/mol. The SMILES string of the molecule is O=C(NCc1cccc(C(F)(F)F)c1)Nc1ccc(NC(=O)c2ccco2)cc1. The number of hydrogen-bond donors (Lipinski definition) is 3. The lowest BCUT2D eigenvalue weighted by Crippen LogP contribution is -2.28. The fourth-order valence-corrected chi connectivity index (χ4v) is 2.45. The Hall–Kier alpha value is -3.75. The molecule has 2 aromatic carbocycles. The molecule has 0 atom stereocenters. The maximum Gasteiger partial charge on any atom is 0.416 e. The molecule has 0 saturated heterocycles. The Balaban J connectivity index is 1.51. The molecule has 0 saturated carbocycles. The van der Waals surface area contributed by atoms with E-state index in [9.17, 15) is 22.8 Å². The summed E-state index contributed by atoms with van der Waals surface area (Å²) in [6.45, 7) is -0.0625. The fraction of sp³-hybridized carbons (Fsp3) is 0.100. The van der Waals surface area contributed by atoms with E-state index < -0.39 is 23.7 Å². The lowest BCUT2D eigenvalue weighted by molar-refractivity contribution is -0.137. The zero-order valence-corrected chi connectivity index (χ0v) is 14.9. The van der Waals surface area contributed by atoms with E-state index in [0.717, 1.165) is 12.1 Å². The number of anilines is 2. The molecule has 1 heterocycles. The van der Waals surface area contributed by atoms with Crippen LogP contribution in [0.1, 0.15) is 21.7 Å². The maximum absolute atomic E-state index is 12.7. The Bertz CT molecular complexity index is 984. The van der Waals surface area contributed by atoms with Crippen LogP contribution < -0.4 is 16.0 Å². The molecular formula is C20H16F3N3O3. The van der Waals surface area contributed by atoms with E-state index in [-0.39, 0.29) is 12.3 Å². The van der Waals surface area contributed by atoms with Crippen molar-refractivity contribution in [3.63, 3.8) is 0 Å². The fourth-order valence-electron chi connectivity index (χ4n) is 2.45. The van der Waals surface area contributed by atoms with Gasteiger partial charge in [-0.05, 0) is 54.1 Å². The summed E-state index contributed by atoms with van der Waals surface area (Å²) < 4.78 is 43.1. The Morgan fingerprint density at radius 3 is 2.21 bits per heavy atom. The Kier molecular flexibility index (Phi) is 5.87. The van der Waals surface area contributed by atoms with Gasteiger partial charge in [-0.25, -0.2) is 4.79 Å². The molecule has 29 heavy (non-hydrogen) atoms. The highest BCUT2D eigenvalue weighted by molar-refractivity contribution is 6.02. The molecule has 3 N–H and O–H groups in total. The van der Waals surface area contributed by atoms with Crippen LogP contribution in [0.25, 0.3) is 0 Å². The topological polar surface area (TPSA) is 83.4 Å². The van der Waals surface area contributed by atoms with Crippen LogP contribution in [0, 0.1) is 0 Å². The molecule has 3 amide bonds. The molecule has 9 heteroatoms. The summed E-state index contributed by atoms with van der Waals surface area (Å²) in [7, 11) is 0. The van der Waals surface area contributed by atoms with Crippen molar-refractivity contribution in [2.45, 2.75) is 12.7 Å². The van der Waals surface area contributed by atoms with Gasteiger partial charge in [0.05, 0.1) is 11.8 Å². The number of carbonyl (C=O) groups excluding carboxylic acids is 2. The first kappa shape index (κ1) is 20.0. The zero-order chi connectivity index (χ0) is 20.9. The third-order valence-corrected chi connectivity index (χ3v) is 3.85. The van der Waals surface area contributed by atoms with Gasteiger partial charge in [-0.3, -0.25) is 4.79 Å². The summed E-state index contributed by atoms with van der Waals surface area (Å²) in [6.07, 6.45) is -3.05. The van der Waals surface area contributed by atoms with Crippen molar-refractivity contribution < 1.29 is 27.2 Å². The molecule has 3 aromatic rings. The molecular weight excluding hydrogens is 387 g/mol. The predicted molar refractivity (Wildman–Crippen MR) is 100 cm³/mol. The number of carbonyl (C=O) groups is 2. The second-order valence-corrected chi connectivity index (χ2v) is 6.01. The van der Waals surface area contributed by atoms with Crippen LogP contribution in [-0.4, -0.2) is 11.9 Å². The molecule has 0 fully saturated rings. The number of halogens is 3. The number of benzene rings is 2. The van der Waals surface area contributed by atoms with E-state index in [0.29, 0.717) is 16.9 Å². The summed E-state index contributed by atoms with van der Waals surface area (Å²) >= 11 is 0. The van der Waals surface area contributed by atoms with Gasteiger partial charge in [0.15, 0.2) is 5.76 Å². The van der Waals surface area contributed by atoms with Crippen LogP contribution in [0.4, 0.5) is 29.3 Å². The third kappa shape index (κ3) is 5.61. The second-order valence-electron chi connectivity index (χ2n) is 6.01. The van der Waals surface area contributed by atoms with Crippen LogP contribution >= 0.6 is 0 Å². The summed E-state index contributed by atoms with van der Waals surface area (Å²) in [6, 6.07) is 13.6. The highest BCUT2D eigenvalue weighted by atomic mass is 19.4. The standard InChI is InChI=1S/C20H16F3N3O3/c21-20(22,23)14-4-1-3-13(11-14)12-24-19(28)26-16-8-6-15(7-9-16)25-18(27)17-5-2-10-29-17/h1-11H,12H2,(H,25,27)(H2,24,26,28). The lowest BCUT2D eigenvalue weighted by Gasteiger charge is -2.11. The van der Waals surface area contributed by atoms with Gasteiger partial charge in [0.2, 0.25) is 0 Å². The van der Waals surface area contributed by atoms with E-state index in [2.05, 4.69) is 16.0 Å². The number of hydrogen-bond acceptors (Lipinski definition) is 3. The molecule has 0 aliphatic rings. The first-order valence-electron chi connectivity index (χ1n) is 8.47. The number of amides is 3. The van der Waals surface area contributed by atoms with Crippen LogP contribution in [-0.2, 0) is 12.7 Å². The molecule has 0 aliphatic carbocycles. The third-order valence-electron chi connectivity index (χ3n) is 3.85. The van der Waals surface area contributed by atoms with Gasteiger partial charge in [-0.2, -0.15) is 13.2 Å². The zero-order valence-electron chi connectivity index (χ0n) is 14.9. The van der Waals surface area contributed by atoms with E-state index >= 15 is 0 Å². The normalized spacial score (nSPS) is 11.0. The molecule has 6 nitrogen and oxygen atoms in total. The number of urea groups is 1. The largest absolute Gasteiger partial charge is 0.459 e. The van der Waals surface area contributed by atoms with Gasteiger partial charge in [-0.15, -0.1) is 0 Å². The van der Waals surface area contributed by atoms with Gasteiger partial charge in [0.25, 0.3) is 5.91 Å². The van der Waals surface area contributed by atoms with Crippen molar-refractivity contribution in [1.29, 1.82) is 0 Å². The van der Waals surface area contributed by atoms with Crippen molar-refractivity contribution in [3.05, 3.63) is 83.8 Å². The maximum atomic E-state index is 12.7. The van der Waals surface area contributed by atoms with Gasteiger partial charge in [-0.1, -0.05) is 12.1 Å². The van der Waals surface area contributed by atoms with Gasteiger partial charge >= 0.3 is 12.2 Å². The van der Waals surface area contributed by atoms with E-state index in [1.54, 1.807) is 30.3 Å². The molecule has 0 bridgehead atoms. The van der Waals surface area contributed by atoms with Gasteiger partial charge < -0.3 is 20.4 Å². The monoisotopic (exact) mass is 403 g/mol. The number of nitrogens with one attached hydrogen (secondary N) is 3. The van der Waals surface area contributed by atoms with E-state index in [4.69, 9.17) is 4.42 Å². The minimum Gasteiger partial charge on any atom is -0.459 e. The number of rotatable bonds is 5. The van der Waals surface area contributed by atoms with Gasteiger partial charge in [0, 0.05) is 17.9 Å². The van der Waals surface area contributed by atoms with Crippen molar-refractivity contribution in [2.75, 3.05) is 10.6 Å². The van der Waals surface area contributed by atoms with E-state index in [1.165, 1.54) is 24.5 Å². The van der Waals surface area contributed by atoms with Crippen LogP contribution in [0.5, 0.6) is 0 Å². The highest BCUT2D eigenvalue weighted by Crippen LogP contribution is 2.29. The Morgan fingerprint density at radius 2 is 1.59 bits per heavy atom. The lowest BCUT2D eigenvalue weighted by atomic mass is 10.1. The van der Waals surface area contributed by atoms with Crippen molar-refractivity contribution >= 4 is 23.3 Å². The minimum absolute atomic E-state index is 0.0625. The van der Waals surface area contributed by atoms with Gasteiger partial charge in [0.1, 0.15) is 0 Å². The molecule has 150 valence electrons. The Labute approximate surface area is 163 Å². The quantitative estimate of drug-likeness (QED) is 0.568. The van der Waals surface area contributed by atoms with Crippen molar-refractivity contribution in [2.24, 2.45) is 0 Å². The van der Waals surface area contributed by atoms with Crippen molar-refractivity contribution in [3.8, 4) is 0 Å². The molecule has 3 rings (SSSR count). The van der Waals surface area contributed by atoms with Crippen LogP contribution in [0.3, 0.4) is 0 Å². The van der Waals surface area contributed by atoms with Crippen LogP contribution in [0.2, 0.25) is 0 Å². The molecule has 0 radical (unpaired) electrons. The molecule has 0 spiro atoms. The molecule has 0 unspecified atom stereocenters. The number of furan rings is 1. The minimum atomic E-state index is -4.44. The molecule has 1 aromatic heterocycles. The summed E-state index contributed by atoms with van der Waals surface area (Å²) in [4.78, 5) is 23.8. The Morgan fingerprint density at radius 1 is 0.897 bits per heavy atom. The highest BCUT2D eigenvalue weighted by Gasteiger charge is 2.30. The smallest absolute Gasteiger partial charge is 0.416 e. The van der Waals surface area contributed by atoms with Crippen LogP contribution in [0.15, 0.2) is 71.3 Å². The number of alkyl halides is 3. The van der Waals surface area contributed by atoms with E-state index in [1.807, 2.05) is 0 Å². The summed E-state index contributed by atoms with van der Waals surface area (Å²) in [5, 5.41) is 7.69. The second kappa shape index (κ2) is 8.51. The predicted octanol–water partition coefficient (Wildman–Crippen LogP) is 4.87. The first-order chi connectivity index (χ1) is 13.8. The summed E-state index contributed by atoms with van der Waals surface area (Å²) in [5.41, 5.74) is 0.499. The average Bonchev–Trinajstić information content (AvgIpc) is 3.22. The first-order valence-corrected chi connectivity index (χ1v) is 8.47. The molecule has 0 aliphatic heterocycles. The van der Waals surface area contributed by atoms with Crippen molar-refractivity contribution in [1.82, 2.24) is 5.32 Å².